The zero-order valence-electron chi connectivity index (χ0n) is 8.61. The van der Waals surface area contributed by atoms with E-state index in [0.29, 0.717) is 11.5 Å². The Labute approximate surface area is 76.1 Å². The lowest BCUT2D eigenvalue weighted by Crippen LogP contribution is -2.46. The van der Waals surface area contributed by atoms with Crippen LogP contribution < -0.4 is 10.6 Å². The third-order valence-corrected chi connectivity index (χ3v) is 3.19. The molecule has 1 rings (SSSR count). The van der Waals surface area contributed by atoms with Gasteiger partial charge < -0.3 is 10.6 Å². The first-order valence-electron chi connectivity index (χ1n) is 5.10. The maximum absolute atomic E-state index is 3.50. The number of piperidine rings is 1. The van der Waals surface area contributed by atoms with Crippen LogP contribution in [-0.2, 0) is 0 Å². The van der Waals surface area contributed by atoms with E-state index in [-0.39, 0.29) is 0 Å². The van der Waals surface area contributed by atoms with E-state index >= 15 is 0 Å². The summed E-state index contributed by atoms with van der Waals surface area (Å²) in [5.41, 5.74) is 0.569. The molecule has 2 atom stereocenters. The summed E-state index contributed by atoms with van der Waals surface area (Å²) in [4.78, 5) is 0. The molecule has 12 heavy (non-hydrogen) atoms. The smallest absolute Gasteiger partial charge is 0.00445 e. The van der Waals surface area contributed by atoms with Crippen LogP contribution in [0.4, 0.5) is 0 Å². The second-order valence-electron chi connectivity index (χ2n) is 4.19. The van der Waals surface area contributed by atoms with Crippen molar-refractivity contribution >= 4 is 0 Å². The molecule has 0 aromatic carbocycles. The molecular formula is C10H22N2. The molecule has 1 saturated heterocycles. The van der Waals surface area contributed by atoms with Gasteiger partial charge in [-0.3, -0.25) is 0 Å². The molecule has 0 saturated carbocycles. The molecule has 2 N–H and O–H groups in total. The summed E-state index contributed by atoms with van der Waals surface area (Å²) in [5.74, 6) is 0. The lowest BCUT2D eigenvalue weighted by molar-refractivity contribution is 0.161. The van der Waals surface area contributed by atoms with Crippen LogP contribution in [-0.4, -0.2) is 26.2 Å². The van der Waals surface area contributed by atoms with Crippen LogP contribution in [0.5, 0.6) is 0 Å². The number of rotatable bonds is 3. The van der Waals surface area contributed by atoms with Crippen LogP contribution in [0.2, 0.25) is 0 Å². The highest BCUT2D eigenvalue weighted by molar-refractivity contribution is 4.88. The molecule has 0 amide bonds. The highest BCUT2D eigenvalue weighted by atomic mass is 14.9. The molecule has 1 heterocycles. The van der Waals surface area contributed by atoms with E-state index in [1.165, 1.54) is 32.4 Å². The Morgan fingerprint density at radius 2 is 2.33 bits per heavy atom. The Kier molecular flexibility index (Phi) is 3.53. The minimum atomic E-state index is 0.569. The first-order chi connectivity index (χ1) is 5.72. The van der Waals surface area contributed by atoms with Crippen LogP contribution in [0.1, 0.15) is 33.1 Å². The van der Waals surface area contributed by atoms with Gasteiger partial charge in [-0.05, 0) is 45.2 Å². The molecule has 2 unspecified atom stereocenters. The van der Waals surface area contributed by atoms with Gasteiger partial charge in [0.2, 0.25) is 0 Å². The maximum Gasteiger partial charge on any atom is 0.00445 e. The monoisotopic (exact) mass is 170 g/mol. The van der Waals surface area contributed by atoms with Crippen molar-refractivity contribution in [3.63, 3.8) is 0 Å². The van der Waals surface area contributed by atoms with Gasteiger partial charge in [0.25, 0.3) is 0 Å². The summed E-state index contributed by atoms with van der Waals surface area (Å²) in [6, 6.07) is 0.701. The third kappa shape index (κ3) is 2.20. The molecule has 0 bridgehead atoms. The summed E-state index contributed by atoms with van der Waals surface area (Å²) in [5, 5.41) is 6.82. The summed E-state index contributed by atoms with van der Waals surface area (Å²) in [6.45, 7) is 6.97. The van der Waals surface area contributed by atoms with Crippen molar-refractivity contribution in [2.24, 2.45) is 5.41 Å². The summed E-state index contributed by atoms with van der Waals surface area (Å²) in [7, 11) is 2.06. The molecule has 0 spiro atoms. The van der Waals surface area contributed by atoms with Gasteiger partial charge in [-0.25, -0.2) is 0 Å². The zero-order valence-corrected chi connectivity index (χ0v) is 8.61. The van der Waals surface area contributed by atoms with Gasteiger partial charge in [-0.1, -0.05) is 6.92 Å². The molecule has 2 heteroatoms. The SMILES string of the molecule is CCC1(CNC)CCNC(C)C1. The fourth-order valence-corrected chi connectivity index (χ4v) is 2.39. The molecule has 1 fully saturated rings. The number of hydrogen-bond acceptors (Lipinski definition) is 2. The van der Waals surface area contributed by atoms with Crippen LogP contribution in [0, 0.1) is 5.41 Å². The van der Waals surface area contributed by atoms with E-state index < -0.39 is 0 Å². The molecule has 72 valence electrons. The first-order valence-corrected chi connectivity index (χ1v) is 5.10. The number of nitrogens with one attached hydrogen (secondary N) is 2. The molecule has 1 aliphatic rings. The van der Waals surface area contributed by atoms with Crippen molar-refractivity contribution in [2.75, 3.05) is 20.1 Å². The van der Waals surface area contributed by atoms with E-state index in [9.17, 15) is 0 Å². The third-order valence-electron chi connectivity index (χ3n) is 3.19. The average molecular weight is 170 g/mol. The van der Waals surface area contributed by atoms with Crippen LogP contribution in [0.25, 0.3) is 0 Å². The van der Waals surface area contributed by atoms with Gasteiger partial charge in [0, 0.05) is 12.6 Å². The molecule has 0 aromatic rings. The lowest BCUT2D eigenvalue weighted by atomic mass is 9.74. The quantitative estimate of drug-likeness (QED) is 0.668. The van der Waals surface area contributed by atoms with Gasteiger partial charge in [0.05, 0.1) is 0 Å². The van der Waals surface area contributed by atoms with Crippen LogP contribution in [0.15, 0.2) is 0 Å². The summed E-state index contributed by atoms with van der Waals surface area (Å²) < 4.78 is 0. The van der Waals surface area contributed by atoms with Gasteiger partial charge >= 0.3 is 0 Å². The van der Waals surface area contributed by atoms with Crippen molar-refractivity contribution in [3.05, 3.63) is 0 Å². The van der Waals surface area contributed by atoms with Gasteiger partial charge in [0.1, 0.15) is 0 Å². The van der Waals surface area contributed by atoms with Crippen molar-refractivity contribution in [1.29, 1.82) is 0 Å². The Morgan fingerprint density at radius 3 is 2.83 bits per heavy atom. The summed E-state index contributed by atoms with van der Waals surface area (Å²) >= 11 is 0. The van der Waals surface area contributed by atoms with Gasteiger partial charge in [-0.15, -0.1) is 0 Å². The predicted molar refractivity (Wildman–Crippen MR) is 53.3 cm³/mol. The van der Waals surface area contributed by atoms with Gasteiger partial charge in [0.15, 0.2) is 0 Å². The van der Waals surface area contributed by atoms with E-state index in [1.807, 2.05) is 0 Å². The van der Waals surface area contributed by atoms with E-state index in [1.54, 1.807) is 0 Å². The van der Waals surface area contributed by atoms with Crippen LogP contribution in [0.3, 0.4) is 0 Å². The zero-order chi connectivity index (χ0) is 9.03. The van der Waals surface area contributed by atoms with Crippen molar-refractivity contribution < 1.29 is 0 Å². The average Bonchev–Trinajstić information content (AvgIpc) is 2.05. The Morgan fingerprint density at radius 1 is 1.58 bits per heavy atom. The first kappa shape index (κ1) is 10.0. The molecule has 0 aromatic heterocycles. The Bertz CT molecular complexity index is 132. The highest BCUT2D eigenvalue weighted by Gasteiger charge is 2.32. The molecule has 0 aliphatic carbocycles. The van der Waals surface area contributed by atoms with Crippen molar-refractivity contribution in [3.8, 4) is 0 Å². The maximum atomic E-state index is 3.50. The van der Waals surface area contributed by atoms with E-state index in [0.717, 1.165) is 0 Å². The van der Waals surface area contributed by atoms with E-state index in [4.69, 9.17) is 0 Å². The Balaban J connectivity index is 2.51. The minimum absolute atomic E-state index is 0.569. The second kappa shape index (κ2) is 4.24. The molecular weight excluding hydrogens is 148 g/mol. The minimum Gasteiger partial charge on any atom is -0.319 e. The van der Waals surface area contributed by atoms with E-state index in [2.05, 4.69) is 31.5 Å². The standard InChI is InChI=1S/C10H22N2/c1-4-10(8-11-3)5-6-12-9(2)7-10/h9,11-12H,4-8H2,1-3H3. The van der Waals surface area contributed by atoms with Crippen LogP contribution >= 0.6 is 0 Å². The lowest BCUT2D eigenvalue weighted by Gasteiger charge is -2.40. The van der Waals surface area contributed by atoms with Crippen molar-refractivity contribution in [1.82, 2.24) is 10.6 Å². The second-order valence-corrected chi connectivity index (χ2v) is 4.19. The fraction of sp³-hybridized carbons (Fsp3) is 1.00. The molecule has 0 radical (unpaired) electrons. The largest absolute Gasteiger partial charge is 0.319 e. The Hall–Kier alpha value is -0.0800. The van der Waals surface area contributed by atoms with Crippen molar-refractivity contribution in [2.45, 2.75) is 39.2 Å². The normalized spacial score (nSPS) is 36.8. The van der Waals surface area contributed by atoms with Gasteiger partial charge in [-0.2, -0.15) is 0 Å². The number of hydrogen-bond donors (Lipinski definition) is 2. The fourth-order valence-electron chi connectivity index (χ4n) is 2.39. The topological polar surface area (TPSA) is 24.1 Å². The molecule has 2 nitrogen and oxygen atoms in total. The summed E-state index contributed by atoms with van der Waals surface area (Å²) in [6.07, 6.45) is 3.96. The highest BCUT2D eigenvalue weighted by Crippen LogP contribution is 2.33. The molecule has 1 aliphatic heterocycles. The predicted octanol–water partition coefficient (Wildman–Crippen LogP) is 1.37.